The van der Waals surface area contributed by atoms with Gasteiger partial charge < -0.3 is 4.90 Å². The Hall–Kier alpha value is -2.00. The molecule has 0 bridgehead atoms. The van der Waals surface area contributed by atoms with Crippen LogP contribution >= 0.6 is 0 Å². The largest absolute Gasteiger partial charge is 0.342 e. The van der Waals surface area contributed by atoms with E-state index in [0.717, 1.165) is 36.1 Å². The summed E-state index contributed by atoms with van der Waals surface area (Å²) in [5.41, 5.74) is -0.302. The molecule has 1 aromatic rings. The second-order valence-electron chi connectivity index (χ2n) is 5.81. The second-order valence-corrected chi connectivity index (χ2v) is 7.86. The number of likely N-dealkylation sites (N-methyl/N-ethyl adjacent to an activating group) is 1. The third-order valence-electron chi connectivity index (χ3n) is 4.05. The van der Waals surface area contributed by atoms with Gasteiger partial charge in [0.05, 0.1) is 16.4 Å². The van der Waals surface area contributed by atoms with Crippen molar-refractivity contribution in [3.8, 4) is 0 Å². The van der Waals surface area contributed by atoms with Crippen LogP contribution in [0.4, 0.5) is 5.69 Å². The minimum Gasteiger partial charge on any atom is -0.342 e. The number of carbonyl (C=O) groups is 1. The number of hydrogen-bond donors (Lipinski definition) is 0. The van der Waals surface area contributed by atoms with Crippen molar-refractivity contribution in [2.75, 3.05) is 26.7 Å². The molecule has 1 aliphatic rings. The normalized spacial score (nSPS) is 16.0. The maximum Gasteiger partial charge on any atom is 0.270 e. The molecule has 0 saturated carbocycles. The Balaban J connectivity index is 2.12. The molecule has 1 saturated heterocycles. The molecule has 1 amide bonds. The molecule has 132 valence electrons. The van der Waals surface area contributed by atoms with Crippen LogP contribution in [0.25, 0.3) is 0 Å². The highest BCUT2D eigenvalue weighted by Gasteiger charge is 2.26. The van der Waals surface area contributed by atoms with E-state index in [1.807, 2.05) is 0 Å². The molecular weight excluding hydrogens is 334 g/mol. The van der Waals surface area contributed by atoms with Crippen LogP contribution in [0.3, 0.4) is 0 Å². The van der Waals surface area contributed by atoms with E-state index in [0.29, 0.717) is 13.1 Å². The van der Waals surface area contributed by atoms with Crippen LogP contribution in [0.5, 0.6) is 0 Å². The van der Waals surface area contributed by atoms with Gasteiger partial charge in [0.2, 0.25) is 15.9 Å². The number of rotatable bonds is 5. The lowest BCUT2D eigenvalue weighted by molar-refractivity contribution is -0.385. The Morgan fingerprint density at radius 3 is 2.46 bits per heavy atom. The lowest BCUT2D eigenvalue weighted by Crippen LogP contribution is -2.41. The standard InChI is InChI=1S/C15H21N3O5S/c1-16(12-15(19)17-9-4-2-3-5-10-17)24(22,23)14-8-6-7-13(11-14)18(20)21/h6-8,11H,2-5,9-10,12H2,1H3. The fraction of sp³-hybridized carbons (Fsp3) is 0.533. The molecule has 0 aromatic heterocycles. The van der Waals surface area contributed by atoms with Gasteiger partial charge in [-0.2, -0.15) is 4.31 Å². The summed E-state index contributed by atoms with van der Waals surface area (Å²) < 4.78 is 26.0. The Morgan fingerprint density at radius 2 is 1.88 bits per heavy atom. The fourth-order valence-electron chi connectivity index (χ4n) is 2.63. The number of amides is 1. The summed E-state index contributed by atoms with van der Waals surface area (Å²) in [5.74, 6) is -0.242. The van der Waals surface area contributed by atoms with Gasteiger partial charge in [-0.25, -0.2) is 8.42 Å². The van der Waals surface area contributed by atoms with Crippen molar-refractivity contribution in [3.63, 3.8) is 0 Å². The number of benzene rings is 1. The Morgan fingerprint density at radius 1 is 1.25 bits per heavy atom. The first-order valence-corrected chi connectivity index (χ1v) is 9.25. The maximum atomic E-state index is 12.5. The summed E-state index contributed by atoms with van der Waals surface area (Å²) in [6, 6.07) is 4.83. The monoisotopic (exact) mass is 355 g/mol. The Labute approximate surface area is 141 Å². The van der Waals surface area contributed by atoms with Crippen molar-refractivity contribution in [1.29, 1.82) is 0 Å². The van der Waals surface area contributed by atoms with Gasteiger partial charge in [0.15, 0.2) is 0 Å². The van der Waals surface area contributed by atoms with Crippen LogP contribution in [-0.2, 0) is 14.8 Å². The zero-order chi connectivity index (χ0) is 17.7. The smallest absolute Gasteiger partial charge is 0.270 e. The van der Waals surface area contributed by atoms with E-state index >= 15 is 0 Å². The van der Waals surface area contributed by atoms with Crippen molar-refractivity contribution < 1.29 is 18.1 Å². The van der Waals surface area contributed by atoms with Gasteiger partial charge in [-0.05, 0) is 18.9 Å². The van der Waals surface area contributed by atoms with Gasteiger partial charge in [0.1, 0.15) is 0 Å². The molecule has 1 fully saturated rings. The average Bonchev–Trinajstić information content (AvgIpc) is 2.84. The van der Waals surface area contributed by atoms with Crippen molar-refractivity contribution in [3.05, 3.63) is 34.4 Å². The van der Waals surface area contributed by atoms with Crippen LogP contribution in [0.15, 0.2) is 29.2 Å². The van der Waals surface area contributed by atoms with Crippen molar-refractivity contribution in [1.82, 2.24) is 9.21 Å². The van der Waals surface area contributed by atoms with Crippen LogP contribution in [0.1, 0.15) is 25.7 Å². The summed E-state index contributed by atoms with van der Waals surface area (Å²) in [6.07, 6.45) is 4.00. The summed E-state index contributed by atoms with van der Waals surface area (Å²) in [7, 11) is -2.65. The number of likely N-dealkylation sites (tertiary alicyclic amines) is 1. The molecule has 0 N–H and O–H groups in total. The minimum atomic E-state index is -3.96. The summed E-state index contributed by atoms with van der Waals surface area (Å²) >= 11 is 0. The number of carbonyl (C=O) groups excluding carboxylic acids is 1. The van der Waals surface area contributed by atoms with Gasteiger partial charge in [-0.1, -0.05) is 18.9 Å². The van der Waals surface area contributed by atoms with Crippen LogP contribution in [0, 0.1) is 10.1 Å². The molecule has 24 heavy (non-hydrogen) atoms. The Kier molecular flexibility index (Phi) is 5.89. The molecule has 9 heteroatoms. The molecule has 1 aromatic carbocycles. The molecule has 0 atom stereocenters. The van der Waals surface area contributed by atoms with E-state index in [1.54, 1.807) is 4.90 Å². The maximum absolute atomic E-state index is 12.5. The van der Waals surface area contributed by atoms with Gasteiger partial charge in [0, 0.05) is 32.3 Å². The third-order valence-corrected chi connectivity index (χ3v) is 5.85. The van der Waals surface area contributed by atoms with E-state index in [2.05, 4.69) is 0 Å². The number of hydrogen-bond acceptors (Lipinski definition) is 5. The average molecular weight is 355 g/mol. The molecular formula is C15H21N3O5S. The van der Waals surface area contributed by atoms with E-state index in [-0.39, 0.29) is 23.0 Å². The molecule has 0 radical (unpaired) electrons. The summed E-state index contributed by atoms with van der Waals surface area (Å²) in [4.78, 5) is 24.0. The first-order valence-electron chi connectivity index (χ1n) is 7.81. The molecule has 8 nitrogen and oxygen atoms in total. The van der Waals surface area contributed by atoms with Crippen LogP contribution in [-0.4, -0.2) is 55.1 Å². The van der Waals surface area contributed by atoms with Crippen molar-refractivity contribution in [2.45, 2.75) is 30.6 Å². The van der Waals surface area contributed by atoms with Gasteiger partial charge in [-0.15, -0.1) is 0 Å². The first-order chi connectivity index (χ1) is 11.3. The molecule has 1 aliphatic heterocycles. The zero-order valence-electron chi connectivity index (χ0n) is 13.6. The number of non-ortho nitro benzene ring substituents is 1. The van der Waals surface area contributed by atoms with Crippen molar-refractivity contribution >= 4 is 21.6 Å². The number of nitro benzene ring substituents is 1. The highest BCUT2D eigenvalue weighted by Crippen LogP contribution is 2.20. The van der Waals surface area contributed by atoms with Crippen molar-refractivity contribution in [2.24, 2.45) is 0 Å². The van der Waals surface area contributed by atoms with E-state index < -0.39 is 14.9 Å². The topological polar surface area (TPSA) is 101 Å². The summed E-state index contributed by atoms with van der Waals surface area (Å²) in [5, 5.41) is 10.8. The molecule has 0 aliphatic carbocycles. The molecule has 1 heterocycles. The van der Waals surface area contributed by atoms with Crippen LogP contribution in [0.2, 0.25) is 0 Å². The van der Waals surface area contributed by atoms with E-state index in [1.165, 1.54) is 25.2 Å². The number of sulfonamides is 1. The molecule has 0 unspecified atom stereocenters. The molecule has 2 rings (SSSR count). The van der Waals surface area contributed by atoms with Gasteiger partial charge in [0.25, 0.3) is 5.69 Å². The highest BCUT2D eigenvalue weighted by atomic mass is 32.2. The highest BCUT2D eigenvalue weighted by molar-refractivity contribution is 7.89. The number of nitrogens with zero attached hydrogens (tertiary/aromatic N) is 3. The zero-order valence-corrected chi connectivity index (χ0v) is 14.4. The third kappa shape index (κ3) is 4.30. The lowest BCUT2D eigenvalue weighted by atomic mass is 10.2. The van der Waals surface area contributed by atoms with Gasteiger partial charge in [-0.3, -0.25) is 14.9 Å². The van der Waals surface area contributed by atoms with E-state index in [4.69, 9.17) is 0 Å². The summed E-state index contributed by atoms with van der Waals surface area (Å²) in [6.45, 7) is 1.01. The minimum absolute atomic E-state index is 0.192. The SMILES string of the molecule is CN(CC(=O)N1CCCCCC1)S(=O)(=O)c1cccc([N+](=O)[O-])c1. The Bertz CT molecular complexity index is 712. The predicted octanol–water partition coefficient (Wildman–Crippen LogP) is 1.62. The quantitative estimate of drug-likeness (QED) is 0.590. The first kappa shape index (κ1) is 18.3. The predicted molar refractivity (Wildman–Crippen MR) is 88.0 cm³/mol. The lowest BCUT2D eigenvalue weighted by Gasteiger charge is -2.23. The van der Waals surface area contributed by atoms with Crippen LogP contribution < -0.4 is 0 Å². The van der Waals surface area contributed by atoms with E-state index in [9.17, 15) is 23.3 Å². The van der Waals surface area contributed by atoms with Gasteiger partial charge >= 0.3 is 0 Å². The number of nitro groups is 1. The molecule has 0 spiro atoms. The second kappa shape index (κ2) is 7.71. The fourth-order valence-corrected chi connectivity index (χ4v) is 3.79.